The minimum atomic E-state index is -1.02. The molecular weight excluding hydrogens is 333 g/mol. The summed E-state index contributed by atoms with van der Waals surface area (Å²) in [7, 11) is 0. The molecule has 1 aliphatic carbocycles. The van der Waals surface area contributed by atoms with Crippen LogP contribution in [0.4, 0.5) is 4.39 Å². The van der Waals surface area contributed by atoms with E-state index in [-0.39, 0.29) is 22.5 Å². The molecule has 1 aromatic carbocycles. The summed E-state index contributed by atoms with van der Waals surface area (Å²) in [6, 6.07) is 3.99. The van der Waals surface area contributed by atoms with E-state index in [1.165, 1.54) is 19.1 Å². The first kappa shape index (κ1) is 18.7. The highest BCUT2D eigenvalue weighted by Crippen LogP contribution is 2.29. The van der Waals surface area contributed by atoms with Crippen LogP contribution in [0.25, 0.3) is 0 Å². The number of benzene rings is 1. The zero-order chi connectivity index (χ0) is 17.9. The van der Waals surface area contributed by atoms with Crippen molar-refractivity contribution < 1.29 is 18.7 Å². The number of ether oxygens (including phenoxy) is 1. The Hall–Kier alpha value is -1.62. The van der Waals surface area contributed by atoms with Crippen molar-refractivity contribution in [3.63, 3.8) is 0 Å². The molecule has 1 saturated carbocycles. The van der Waals surface area contributed by atoms with Crippen LogP contribution < -0.4 is 5.32 Å². The quantitative estimate of drug-likeness (QED) is 0.831. The van der Waals surface area contributed by atoms with Crippen LogP contribution in [-0.2, 0) is 9.53 Å². The molecule has 0 radical (unpaired) electrons. The molecule has 1 amide bonds. The van der Waals surface area contributed by atoms with Gasteiger partial charge in [-0.05, 0) is 37.3 Å². The number of carbonyl (C=O) groups excluding carboxylic acids is 2. The van der Waals surface area contributed by atoms with Crippen molar-refractivity contribution in [2.24, 2.45) is 11.8 Å². The topological polar surface area (TPSA) is 55.4 Å². The molecule has 0 bridgehead atoms. The van der Waals surface area contributed by atoms with Crippen molar-refractivity contribution in [1.29, 1.82) is 0 Å². The third kappa shape index (κ3) is 4.26. The Morgan fingerprint density at radius 2 is 2.04 bits per heavy atom. The van der Waals surface area contributed by atoms with E-state index in [4.69, 9.17) is 16.3 Å². The van der Waals surface area contributed by atoms with E-state index < -0.39 is 17.9 Å². The van der Waals surface area contributed by atoms with Crippen LogP contribution in [0.1, 0.15) is 50.4 Å². The molecule has 2 rings (SSSR count). The lowest BCUT2D eigenvalue weighted by molar-refractivity contribution is -0.130. The van der Waals surface area contributed by atoms with E-state index in [0.717, 1.165) is 25.3 Å². The largest absolute Gasteiger partial charge is 0.449 e. The summed E-state index contributed by atoms with van der Waals surface area (Å²) in [5, 5.41) is 2.90. The first-order valence-corrected chi connectivity index (χ1v) is 8.64. The lowest BCUT2D eigenvalue weighted by atomic mass is 9.78. The van der Waals surface area contributed by atoms with Gasteiger partial charge >= 0.3 is 5.97 Å². The highest BCUT2D eigenvalue weighted by atomic mass is 35.5. The molecule has 0 aliphatic heterocycles. The molecule has 1 aromatic rings. The molecule has 4 atom stereocenters. The van der Waals surface area contributed by atoms with Crippen LogP contribution in [0.5, 0.6) is 0 Å². The molecular formula is C18H23ClFNO3. The molecule has 0 aromatic heterocycles. The summed E-state index contributed by atoms with van der Waals surface area (Å²) in [6.07, 6.45) is 2.12. The van der Waals surface area contributed by atoms with Gasteiger partial charge in [0.1, 0.15) is 11.4 Å². The molecule has 1 aliphatic rings. The monoisotopic (exact) mass is 355 g/mol. The number of nitrogens with one attached hydrogen (secondary N) is 1. The van der Waals surface area contributed by atoms with E-state index in [1.807, 2.05) is 0 Å². The Morgan fingerprint density at radius 3 is 2.71 bits per heavy atom. The molecule has 0 saturated heterocycles. The van der Waals surface area contributed by atoms with Gasteiger partial charge in [-0.15, -0.1) is 0 Å². The average molecular weight is 356 g/mol. The standard InChI is InChI=1S/C18H23ClFNO3/c1-10-6-4-9-15(11(10)2)21-17(22)12(3)24-18(23)16-13(19)7-5-8-14(16)20/h5,7-8,10-12,15H,4,6,9H2,1-3H3,(H,21,22)/t10-,11+,12+,15+/m0/s1. The smallest absolute Gasteiger partial charge is 0.343 e. The van der Waals surface area contributed by atoms with Crippen molar-refractivity contribution >= 4 is 23.5 Å². The van der Waals surface area contributed by atoms with Gasteiger partial charge in [0.25, 0.3) is 5.91 Å². The Labute approximate surface area is 146 Å². The molecule has 132 valence electrons. The maximum atomic E-state index is 13.7. The Bertz CT molecular complexity index is 602. The van der Waals surface area contributed by atoms with Gasteiger partial charge in [-0.3, -0.25) is 4.79 Å². The van der Waals surface area contributed by atoms with Crippen molar-refractivity contribution in [3.05, 3.63) is 34.6 Å². The van der Waals surface area contributed by atoms with Crippen molar-refractivity contribution in [1.82, 2.24) is 5.32 Å². The fourth-order valence-corrected chi connectivity index (χ4v) is 3.29. The average Bonchev–Trinajstić information content (AvgIpc) is 2.51. The van der Waals surface area contributed by atoms with Crippen molar-refractivity contribution in [2.45, 2.75) is 52.2 Å². The predicted octanol–water partition coefficient (Wildman–Crippen LogP) is 3.97. The van der Waals surface area contributed by atoms with Crippen LogP contribution in [0.2, 0.25) is 5.02 Å². The predicted molar refractivity (Wildman–Crippen MR) is 90.4 cm³/mol. The van der Waals surface area contributed by atoms with Crippen LogP contribution in [-0.4, -0.2) is 24.0 Å². The number of esters is 1. The first-order chi connectivity index (χ1) is 11.3. The van der Waals surface area contributed by atoms with Crippen LogP contribution >= 0.6 is 11.6 Å². The van der Waals surface area contributed by atoms with Crippen molar-refractivity contribution in [3.8, 4) is 0 Å². The second-order valence-electron chi connectivity index (χ2n) is 6.53. The number of hydrogen-bond acceptors (Lipinski definition) is 3. The van der Waals surface area contributed by atoms with Gasteiger partial charge in [-0.25, -0.2) is 9.18 Å². The fourth-order valence-electron chi connectivity index (χ4n) is 3.05. The van der Waals surface area contributed by atoms with E-state index >= 15 is 0 Å². The Morgan fingerprint density at radius 1 is 1.33 bits per heavy atom. The fraction of sp³-hybridized carbons (Fsp3) is 0.556. The summed E-state index contributed by atoms with van der Waals surface area (Å²) in [5.74, 6) is -1.17. The number of carbonyl (C=O) groups is 2. The molecule has 0 spiro atoms. The number of amides is 1. The Kier molecular flexibility index (Phi) is 6.21. The van der Waals surface area contributed by atoms with Crippen molar-refractivity contribution in [2.75, 3.05) is 0 Å². The third-order valence-electron chi connectivity index (χ3n) is 4.85. The molecule has 1 fully saturated rings. The molecule has 0 unspecified atom stereocenters. The second kappa shape index (κ2) is 7.97. The van der Waals surface area contributed by atoms with Gasteiger partial charge in [0, 0.05) is 6.04 Å². The molecule has 4 nitrogen and oxygen atoms in total. The third-order valence-corrected chi connectivity index (χ3v) is 5.17. The summed E-state index contributed by atoms with van der Waals surface area (Å²) in [5.41, 5.74) is -0.349. The summed E-state index contributed by atoms with van der Waals surface area (Å²) < 4.78 is 18.8. The number of halogens is 2. The maximum Gasteiger partial charge on any atom is 0.343 e. The normalized spacial score (nSPS) is 25.0. The van der Waals surface area contributed by atoms with Gasteiger partial charge in [-0.2, -0.15) is 0 Å². The summed E-state index contributed by atoms with van der Waals surface area (Å²) in [4.78, 5) is 24.4. The van der Waals surface area contributed by atoms with Gasteiger partial charge < -0.3 is 10.1 Å². The summed E-state index contributed by atoms with van der Waals surface area (Å²) >= 11 is 5.84. The van der Waals surface area contributed by atoms with Gasteiger partial charge in [0.2, 0.25) is 0 Å². The van der Waals surface area contributed by atoms with Gasteiger partial charge in [0.05, 0.1) is 5.02 Å². The minimum Gasteiger partial charge on any atom is -0.449 e. The lowest BCUT2D eigenvalue weighted by Gasteiger charge is -2.35. The number of hydrogen-bond donors (Lipinski definition) is 1. The molecule has 24 heavy (non-hydrogen) atoms. The molecule has 0 heterocycles. The summed E-state index contributed by atoms with van der Waals surface area (Å²) in [6.45, 7) is 5.76. The second-order valence-corrected chi connectivity index (χ2v) is 6.93. The van der Waals surface area contributed by atoms with Gasteiger partial charge in [0.15, 0.2) is 6.10 Å². The lowest BCUT2D eigenvalue weighted by Crippen LogP contribution is -2.47. The zero-order valence-electron chi connectivity index (χ0n) is 14.1. The number of rotatable bonds is 4. The van der Waals surface area contributed by atoms with Crippen LogP contribution in [0, 0.1) is 17.7 Å². The van der Waals surface area contributed by atoms with Crippen LogP contribution in [0.15, 0.2) is 18.2 Å². The van der Waals surface area contributed by atoms with Crippen LogP contribution in [0.3, 0.4) is 0 Å². The highest BCUT2D eigenvalue weighted by molar-refractivity contribution is 6.33. The Balaban J connectivity index is 1.97. The maximum absolute atomic E-state index is 13.7. The highest BCUT2D eigenvalue weighted by Gasteiger charge is 2.30. The SMILES string of the molecule is C[C@@H]1[C@@H](C)CCC[C@H]1NC(=O)[C@@H](C)OC(=O)c1c(F)cccc1Cl. The van der Waals surface area contributed by atoms with Gasteiger partial charge in [-0.1, -0.05) is 44.4 Å². The van der Waals surface area contributed by atoms with E-state index in [9.17, 15) is 14.0 Å². The van der Waals surface area contributed by atoms with E-state index in [2.05, 4.69) is 19.2 Å². The van der Waals surface area contributed by atoms with E-state index in [0.29, 0.717) is 11.8 Å². The molecule has 6 heteroatoms. The first-order valence-electron chi connectivity index (χ1n) is 8.26. The zero-order valence-corrected chi connectivity index (χ0v) is 14.9. The minimum absolute atomic E-state index is 0.0395. The molecule has 1 N–H and O–H groups in total. The van der Waals surface area contributed by atoms with E-state index in [1.54, 1.807) is 0 Å².